The molecule has 3 rings (SSSR count). The van der Waals surface area contributed by atoms with Crippen molar-refractivity contribution in [2.75, 3.05) is 27.4 Å². The number of ketones is 1. The summed E-state index contributed by atoms with van der Waals surface area (Å²) in [4.78, 5) is 28.8. The number of carbonyl (C=O) groups excluding carboxylic acids is 2. The fraction of sp³-hybridized carbons (Fsp3) is 0.308. The Bertz CT molecular complexity index is 1090. The van der Waals surface area contributed by atoms with Crippen molar-refractivity contribution >= 4 is 11.8 Å². The second-order valence-electron chi connectivity index (χ2n) is 7.27. The van der Waals surface area contributed by atoms with E-state index in [1.165, 1.54) is 7.11 Å². The molecule has 1 aromatic heterocycles. The fourth-order valence-corrected chi connectivity index (χ4v) is 3.69. The zero-order chi connectivity index (χ0) is 23.8. The van der Waals surface area contributed by atoms with Gasteiger partial charge in [-0.2, -0.15) is 0 Å². The van der Waals surface area contributed by atoms with Gasteiger partial charge in [-0.3, -0.25) is 9.59 Å². The summed E-state index contributed by atoms with van der Waals surface area (Å²) in [7, 11) is 2.92. The zero-order valence-corrected chi connectivity index (χ0v) is 19.3. The molecule has 33 heavy (non-hydrogen) atoms. The third-order valence-corrected chi connectivity index (χ3v) is 5.29. The molecule has 1 atom stereocenters. The average molecular weight is 452 g/mol. The Balaban J connectivity index is 2.04. The topological polar surface area (TPSA) is 86.9 Å². The lowest BCUT2D eigenvalue weighted by atomic mass is 9.88. The highest BCUT2D eigenvalue weighted by Crippen LogP contribution is 2.37. The van der Waals surface area contributed by atoms with Crippen LogP contribution in [0.4, 0.5) is 0 Å². The molecule has 0 aliphatic heterocycles. The van der Waals surface area contributed by atoms with Gasteiger partial charge in [0.2, 0.25) is 0 Å². The minimum absolute atomic E-state index is 0.0550. The number of esters is 1. The van der Waals surface area contributed by atoms with Crippen LogP contribution < -0.4 is 14.2 Å². The molecule has 1 heterocycles. The maximum Gasteiger partial charge on any atom is 0.306 e. The van der Waals surface area contributed by atoms with E-state index in [-0.39, 0.29) is 18.2 Å². The van der Waals surface area contributed by atoms with Crippen LogP contribution in [0.1, 0.15) is 53.4 Å². The Morgan fingerprint density at radius 1 is 0.909 bits per heavy atom. The first-order chi connectivity index (χ1) is 16.0. The first-order valence-electron chi connectivity index (χ1n) is 10.8. The quantitative estimate of drug-likeness (QED) is 0.335. The molecule has 0 radical (unpaired) electrons. The number of hydrogen-bond donors (Lipinski definition) is 1. The van der Waals surface area contributed by atoms with Gasteiger partial charge in [0.25, 0.3) is 0 Å². The first kappa shape index (κ1) is 23.9. The van der Waals surface area contributed by atoms with Crippen molar-refractivity contribution < 1.29 is 28.5 Å². The van der Waals surface area contributed by atoms with Crippen molar-refractivity contribution in [1.29, 1.82) is 0 Å². The molecule has 0 fully saturated rings. The van der Waals surface area contributed by atoms with Crippen LogP contribution in [-0.4, -0.2) is 44.2 Å². The monoisotopic (exact) mass is 451 g/mol. The third kappa shape index (κ3) is 5.55. The van der Waals surface area contributed by atoms with Crippen molar-refractivity contribution in [3.05, 3.63) is 77.1 Å². The molecule has 7 nitrogen and oxygen atoms in total. The van der Waals surface area contributed by atoms with E-state index in [0.717, 1.165) is 5.56 Å². The standard InChI is InChI=1S/C26H29NO6/c1-5-32-22-12-9-18(15-23(22)33-6-2)21(16-24(28)31-4)25-20(13-14-27-25)26(29)17-7-10-19(30-3)11-8-17/h7-15,21,27H,5-6,16H2,1-4H3. The van der Waals surface area contributed by atoms with Crippen LogP contribution in [0.2, 0.25) is 0 Å². The van der Waals surface area contributed by atoms with E-state index in [4.69, 9.17) is 18.9 Å². The van der Waals surface area contributed by atoms with E-state index in [2.05, 4.69) is 4.98 Å². The van der Waals surface area contributed by atoms with Gasteiger partial charge >= 0.3 is 5.97 Å². The third-order valence-electron chi connectivity index (χ3n) is 5.29. The van der Waals surface area contributed by atoms with Gasteiger partial charge in [-0.25, -0.2) is 0 Å². The fourth-order valence-electron chi connectivity index (χ4n) is 3.69. The van der Waals surface area contributed by atoms with Crippen LogP contribution in [0.3, 0.4) is 0 Å². The van der Waals surface area contributed by atoms with E-state index in [1.807, 2.05) is 32.0 Å². The van der Waals surface area contributed by atoms with Crippen molar-refractivity contribution in [3.63, 3.8) is 0 Å². The van der Waals surface area contributed by atoms with Crippen molar-refractivity contribution in [2.24, 2.45) is 0 Å². The van der Waals surface area contributed by atoms with Crippen molar-refractivity contribution in [3.8, 4) is 17.2 Å². The largest absolute Gasteiger partial charge is 0.497 e. The normalized spacial score (nSPS) is 11.5. The summed E-state index contributed by atoms with van der Waals surface area (Å²) in [6.07, 6.45) is 1.76. The second-order valence-corrected chi connectivity index (χ2v) is 7.27. The molecule has 7 heteroatoms. The number of nitrogens with one attached hydrogen (secondary N) is 1. The molecule has 0 amide bonds. The van der Waals surface area contributed by atoms with Gasteiger partial charge in [-0.1, -0.05) is 6.07 Å². The summed E-state index contributed by atoms with van der Waals surface area (Å²) in [5.41, 5.74) is 2.45. The number of H-pyrrole nitrogens is 1. The van der Waals surface area contributed by atoms with E-state index in [9.17, 15) is 9.59 Å². The number of benzene rings is 2. The van der Waals surface area contributed by atoms with E-state index in [0.29, 0.717) is 47.3 Å². The van der Waals surface area contributed by atoms with Crippen LogP contribution >= 0.6 is 0 Å². The number of methoxy groups -OCH3 is 2. The molecule has 0 aliphatic carbocycles. The van der Waals surface area contributed by atoms with E-state index in [1.54, 1.807) is 43.6 Å². The average Bonchev–Trinajstić information content (AvgIpc) is 3.33. The highest BCUT2D eigenvalue weighted by molar-refractivity contribution is 6.10. The van der Waals surface area contributed by atoms with Gasteiger partial charge in [0.15, 0.2) is 17.3 Å². The molecule has 2 aromatic carbocycles. The molecule has 174 valence electrons. The maximum absolute atomic E-state index is 13.3. The van der Waals surface area contributed by atoms with Crippen LogP contribution in [0.25, 0.3) is 0 Å². The van der Waals surface area contributed by atoms with E-state index < -0.39 is 5.92 Å². The maximum atomic E-state index is 13.3. The molecule has 1 N–H and O–H groups in total. The molecule has 3 aromatic rings. The van der Waals surface area contributed by atoms with Gasteiger partial charge in [-0.15, -0.1) is 0 Å². The summed E-state index contributed by atoms with van der Waals surface area (Å²) in [6, 6.07) is 14.2. The first-order valence-corrected chi connectivity index (χ1v) is 10.8. The summed E-state index contributed by atoms with van der Waals surface area (Å²) in [5, 5.41) is 0. The molecular formula is C26H29NO6. The van der Waals surface area contributed by atoms with Gasteiger partial charge in [0.05, 0.1) is 33.9 Å². The smallest absolute Gasteiger partial charge is 0.306 e. The van der Waals surface area contributed by atoms with Crippen LogP contribution in [0.15, 0.2) is 54.7 Å². The summed E-state index contributed by atoms with van der Waals surface area (Å²) in [5.74, 6) is 0.896. The van der Waals surface area contributed by atoms with Gasteiger partial charge in [0.1, 0.15) is 5.75 Å². The number of aromatic amines is 1. The molecule has 0 saturated heterocycles. The van der Waals surface area contributed by atoms with Crippen LogP contribution in [-0.2, 0) is 9.53 Å². The molecule has 0 spiro atoms. The highest BCUT2D eigenvalue weighted by Gasteiger charge is 2.27. The van der Waals surface area contributed by atoms with Gasteiger partial charge in [-0.05, 0) is 61.9 Å². The predicted octanol–water partition coefficient (Wildman–Crippen LogP) is 4.75. The lowest BCUT2D eigenvalue weighted by molar-refractivity contribution is -0.140. The SMILES string of the molecule is CCOc1ccc(C(CC(=O)OC)c2[nH]ccc2C(=O)c2ccc(OC)cc2)cc1OCC. The lowest BCUT2D eigenvalue weighted by Crippen LogP contribution is -2.14. The van der Waals surface area contributed by atoms with Gasteiger partial charge < -0.3 is 23.9 Å². The van der Waals surface area contributed by atoms with Gasteiger partial charge in [0, 0.05) is 28.9 Å². The summed E-state index contributed by atoms with van der Waals surface area (Å²) in [6.45, 7) is 4.77. The zero-order valence-electron chi connectivity index (χ0n) is 19.3. The summed E-state index contributed by atoms with van der Waals surface area (Å²) < 4.78 is 21.6. The Labute approximate surface area is 193 Å². The predicted molar refractivity (Wildman–Crippen MR) is 124 cm³/mol. The highest BCUT2D eigenvalue weighted by atomic mass is 16.5. The van der Waals surface area contributed by atoms with Crippen molar-refractivity contribution in [1.82, 2.24) is 4.98 Å². The van der Waals surface area contributed by atoms with E-state index >= 15 is 0 Å². The minimum Gasteiger partial charge on any atom is -0.497 e. The second kappa shape index (κ2) is 11.2. The Hall–Kier alpha value is -3.74. The molecule has 0 aliphatic rings. The van der Waals surface area contributed by atoms with Crippen molar-refractivity contribution in [2.45, 2.75) is 26.2 Å². The molecule has 0 bridgehead atoms. The molecule has 0 saturated carbocycles. The van der Waals surface area contributed by atoms with Crippen LogP contribution in [0, 0.1) is 0 Å². The Morgan fingerprint density at radius 2 is 1.61 bits per heavy atom. The minimum atomic E-state index is -0.445. The number of rotatable bonds is 11. The number of aromatic nitrogens is 1. The van der Waals surface area contributed by atoms with Crippen LogP contribution in [0.5, 0.6) is 17.2 Å². The number of hydrogen-bond acceptors (Lipinski definition) is 6. The number of carbonyl (C=O) groups is 2. The Kier molecular flexibility index (Phi) is 8.13. The lowest BCUT2D eigenvalue weighted by Gasteiger charge is -2.19. The molecular weight excluding hydrogens is 422 g/mol. The summed E-state index contributed by atoms with van der Waals surface area (Å²) >= 11 is 0. The Morgan fingerprint density at radius 3 is 2.24 bits per heavy atom. The molecule has 1 unspecified atom stereocenters. The number of ether oxygens (including phenoxy) is 4.